The summed E-state index contributed by atoms with van der Waals surface area (Å²) in [5.74, 6) is 0.500. The number of nitrogens with one attached hydrogen (secondary N) is 1. The number of carbonyl (C=O) groups excluding carboxylic acids is 2. The van der Waals surface area contributed by atoms with E-state index in [0.717, 1.165) is 36.8 Å². The molecule has 0 spiro atoms. The molecule has 1 amide bonds. The number of unbranched alkanes of at least 4 members (excludes halogenated alkanes) is 3. The van der Waals surface area contributed by atoms with Crippen LogP contribution in [0.25, 0.3) is 6.08 Å². The van der Waals surface area contributed by atoms with Gasteiger partial charge in [-0.25, -0.2) is 4.79 Å². The molecule has 3 aromatic rings. The van der Waals surface area contributed by atoms with Gasteiger partial charge in [0.15, 0.2) is 11.5 Å². The van der Waals surface area contributed by atoms with Crippen molar-refractivity contribution in [3.8, 4) is 11.5 Å². The summed E-state index contributed by atoms with van der Waals surface area (Å²) in [4.78, 5) is 24.5. The van der Waals surface area contributed by atoms with Crippen LogP contribution in [0.5, 0.6) is 11.5 Å². The Morgan fingerprint density at radius 2 is 1.68 bits per heavy atom. The first-order chi connectivity index (χ1) is 18.0. The van der Waals surface area contributed by atoms with Gasteiger partial charge in [-0.05, 0) is 72.2 Å². The zero-order valence-electron chi connectivity index (χ0n) is 21.2. The van der Waals surface area contributed by atoms with Crippen LogP contribution in [0, 0.1) is 0 Å². The zero-order valence-corrected chi connectivity index (χ0v) is 21.9. The van der Waals surface area contributed by atoms with E-state index in [9.17, 15) is 9.59 Å². The van der Waals surface area contributed by atoms with Crippen molar-refractivity contribution in [3.05, 3.63) is 94.5 Å². The Morgan fingerprint density at radius 3 is 2.38 bits per heavy atom. The maximum Gasteiger partial charge on any atom is 0.338 e. The Kier molecular flexibility index (Phi) is 11.1. The summed E-state index contributed by atoms with van der Waals surface area (Å²) in [5.41, 5.74) is 2.80. The fourth-order valence-electron chi connectivity index (χ4n) is 3.47. The van der Waals surface area contributed by atoms with Crippen molar-refractivity contribution in [2.24, 2.45) is 0 Å². The number of rotatable bonds is 13. The lowest BCUT2D eigenvalue weighted by molar-refractivity contribution is -0.111. The topological polar surface area (TPSA) is 73.9 Å². The van der Waals surface area contributed by atoms with Crippen molar-refractivity contribution in [1.82, 2.24) is 0 Å². The van der Waals surface area contributed by atoms with E-state index in [1.165, 1.54) is 6.08 Å². The van der Waals surface area contributed by atoms with Gasteiger partial charge in [0.1, 0.15) is 6.61 Å². The van der Waals surface area contributed by atoms with Gasteiger partial charge in [-0.3, -0.25) is 4.79 Å². The van der Waals surface area contributed by atoms with Gasteiger partial charge in [0.05, 0.1) is 19.3 Å². The second-order valence-corrected chi connectivity index (χ2v) is 8.86. The molecule has 3 aromatic carbocycles. The second kappa shape index (κ2) is 14.7. The van der Waals surface area contributed by atoms with Crippen molar-refractivity contribution in [3.63, 3.8) is 0 Å². The maximum absolute atomic E-state index is 12.4. The van der Waals surface area contributed by atoms with Gasteiger partial charge < -0.3 is 19.5 Å². The van der Waals surface area contributed by atoms with Gasteiger partial charge in [-0.1, -0.05) is 56.0 Å². The number of carbonyl (C=O) groups is 2. The van der Waals surface area contributed by atoms with E-state index < -0.39 is 0 Å². The Hall–Kier alpha value is -3.77. The lowest BCUT2D eigenvalue weighted by Crippen LogP contribution is -2.09. The molecule has 0 fully saturated rings. The molecule has 0 aliphatic carbocycles. The minimum Gasteiger partial charge on any atom is -0.493 e. The highest BCUT2D eigenvalue weighted by molar-refractivity contribution is 6.30. The molecular formula is C30H32ClNO5. The first-order valence-electron chi connectivity index (χ1n) is 12.3. The molecule has 194 valence electrons. The third kappa shape index (κ3) is 9.32. The molecule has 37 heavy (non-hydrogen) atoms. The number of ether oxygens (including phenoxy) is 3. The van der Waals surface area contributed by atoms with Crippen LogP contribution in [0.15, 0.2) is 72.8 Å². The van der Waals surface area contributed by atoms with E-state index in [1.54, 1.807) is 49.6 Å². The lowest BCUT2D eigenvalue weighted by atomic mass is 10.1. The summed E-state index contributed by atoms with van der Waals surface area (Å²) in [6, 6.07) is 19.5. The molecule has 7 heteroatoms. The highest BCUT2D eigenvalue weighted by Gasteiger charge is 2.08. The van der Waals surface area contributed by atoms with Crippen LogP contribution in [-0.2, 0) is 16.1 Å². The number of methoxy groups -OCH3 is 1. The largest absolute Gasteiger partial charge is 0.493 e. The molecule has 0 atom stereocenters. The first kappa shape index (κ1) is 27.8. The molecule has 3 rings (SSSR count). The molecule has 0 unspecified atom stereocenters. The van der Waals surface area contributed by atoms with Gasteiger partial charge in [-0.2, -0.15) is 0 Å². The standard InChI is InChI=1S/C30H32ClNO5/c1-3-4-5-6-19-36-30(34)24-11-15-26(16-12-24)32-29(33)18-10-22-9-17-27(28(20-22)35-2)37-21-23-7-13-25(31)14-8-23/h7-18,20H,3-6,19,21H2,1-2H3,(H,32,33)/b18-10+. The molecule has 0 aromatic heterocycles. The summed E-state index contributed by atoms with van der Waals surface area (Å²) in [5, 5.41) is 3.46. The van der Waals surface area contributed by atoms with Gasteiger partial charge >= 0.3 is 5.97 Å². The number of hydrogen-bond donors (Lipinski definition) is 1. The Balaban J connectivity index is 1.50. The number of anilines is 1. The summed E-state index contributed by atoms with van der Waals surface area (Å²) < 4.78 is 16.6. The molecule has 0 aliphatic heterocycles. The lowest BCUT2D eigenvalue weighted by Gasteiger charge is -2.11. The van der Waals surface area contributed by atoms with Gasteiger partial charge in [0.25, 0.3) is 0 Å². The van der Waals surface area contributed by atoms with Crippen LogP contribution >= 0.6 is 11.6 Å². The van der Waals surface area contributed by atoms with Crippen molar-refractivity contribution >= 4 is 35.2 Å². The number of halogens is 1. The van der Waals surface area contributed by atoms with Gasteiger partial charge in [0, 0.05) is 16.8 Å². The second-order valence-electron chi connectivity index (χ2n) is 8.42. The first-order valence-corrected chi connectivity index (χ1v) is 12.7. The maximum atomic E-state index is 12.4. The van der Waals surface area contributed by atoms with E-state index in [-0.39, 0.29) is 11.9 Å². The number of benzene rings is 3. The summed E-state index contributed by atoms with van der Waals surface area (Å²) >= 11 is 5.92. The summed E-state index contributed by atoms with van der Waals surface area (Å²) in [6.45, 7) is 2.93. The van der Waals surface area contributed by atoms with Crippen LogP contribution in [-0.4, -0.2) is 25.6 Å². The molecule has 1 N–H and O–H groups in total. The Bertz CT molecular complexity index is 1190. The average molecular weight is 522 g/mol. The van der Waals surface area contributed by atoms with Crippen LogP contribution in [0.3, 0.4) is 0 Å². The van der Waals surface area contributed by atoms with Crippen molar-refractivity contribution in [1.29, 1.82) is 0 Å². The Morgan fingerprint density at radius 1 is 0.919 bits per heavy atom. The van der Waals surface area contributed by atoms with Crippen LogP contribution in [0.2, 0.25) is 5.02 Å². The number of esters is 1. The van der Waals surface area contributed by atoms with E-state index in [4.69, 9.17) is 25.8 Å². The third-order valence-electron chi connectivity index (χ3n) is 5.54. The summed E-state index contributed by atoms with van der Waals surface area (Å²) in [6.07, 6.45) is 7.31. The normalized spacial score (nSPS) is 10.8. The molecule has 0 aliphatic rings. The fraction of sp³-hybridized carbons (Fsp3) is 0.267. The van der Waals surface area contributed by atoms with E-state index in [0.29, 0.717) is 41.0 Å². The molecular weight excluding hydrogens is 490 g/mol. The smallest absolute Gasteiger partial charge is 0.338 e. The third-order valence-corrected chi connectivity index (χ3v) is 5.79. The highest BCUT2D eigenvalue weighted by atomic mass is 35.5. The highest BCUT2D eigenvalue weighted by Crippen LogP contribution is 2.29. The van der Waals surface area contributed by atoms with Crippen molar-refractivity contribution in [2.45, 2.75) is 39.2 Å². The predicted molar refractivity (Wildman–Crippen MR) is 147 cm³/mol. The van der Waals surface area contributed by atoms with Crippen molar-refractivity contribution in [2.75, 3.05) is 19.0 Å². The van der Waals surface area contributed by atoms with E-state index >= 15 is 0 Å². The van der Waals surface area contributed by atoms with Crippen molar-refractivity contribution < 1.29 is 23.8 Å². The quantitative estimate of drug-likeness (QED) is 0.145. The van der Waals surface area contributed by atoms with Crippen LogP contribution in [0.1, 0.15) is 54.1 Å². The van der Waals surface area contributed by atoms with Crippen LogP contribution < -0.4 is 14.8 Å². The monoisotopic (exact) mass is 521 g/mol. The molecule has 0 heterocycles. The van der Waals surface area contributed by atoms with E-state index in [1.807, 2.05) is 30.3 Å². The van der Waals surface area contributed by atoms with E-state index in [2.05, 4.69) is 12.2 Å². The SMILES string of the molecule is CCCCCCOC(=O)c1ccc(NC(=O)/C=C/c2ccc(OCc3ccc(Cl)cc3)c(OC)c2)cc1. The molecule has 0 radical (unpaired) electrons. The molecule has 0 saturated heterocycles. The average Bonchev–Trinajstić information content (AvgIpc) is 2.92. The molecule has 6 nitrogen and oxygen atoms in total. The van der Waals surface area contributed by atoms with Crippen LogP contribution in [0.4, 0.5) is 5.69 Å². The molecule has 0 saturated carbocycles. The Labute approximate surface area is 223 Å². The minimum absolute atomic E-state index is 0.298. The summed E-state index contributed by atoms with van der Waals surface area (Å²) in [7, 11) is 1.57. The fourth-order valence-corrected chi connectivity index (χ4v) is 3.60. The number of amides is 1. The predicted octanol–water partition coefficient (Wildman–Crippen LogP) is 7.32. The molecule has 0 bridgehead atoms. The zero-order chi connectivity index (χ0) is 26.5. The van der Waals surface area contributed by atoms with Gasteiger partial charge in [-0.15, -0.1) is 0 Å². The number of hydrogen-bond acceptors (Lipinski definition) is 5. The van der Waals surface area contributed by atoms with Gasteiger partial charge in [0.2, 0.25) is 5.91 Å². The minimum atomic E-state index is -0.358.